The zero-order valence-electron chi connectivity index (χ0n) is 11.8. The van der Waals surface area contributed by atoms with Crippen LogP contribution in [0.2, 0.25) is 0 Å². The summed E-state index contributed by atoms with van der Waals surface area (Å²) >= 11 is 1.33. The van der Waals surface area contributed by atoms with Crippen LogP contribution in [-0.2, 0) is 0 Å². The zero-order chi connectivity index (χ0) is 15.0. The summed E-state index contributed by atoms with van der Waals surface area (Å²) in [6.45, 7) is 3.92. The molecule has 0 aliphatic heterocycles. The second-order valence-corrected chi connectivity index (χ2v) is 5.89. The van der Waals surface area contributed by atoms with Crippen molar-refractivity contribution in [2.45, 2.75) is 37.2 Å². The molecule has 0 radical (unpaired) electrons. The molecule has 0 fully saturated rings. The summed E-state index contributed by atoms with van der Waals surface area (Å²) in [6, 6.07) is 9.22. The number of rotatable bonds is 7. The van der Waals surface area contributed by atoms with Crippen molar-refractivity contribution in [3.8, 4) is 6.07 Å². The molecular formula is C15H20N2O2S. The standard InChI is InChI=1S/C15H20N2O2S/c1-3-8-15(2,19)11-17-14(18)12-6-4-5-7-13(12)20-10-9-16/h4-7,19H,3,8,10-11H2,1-2H3,(H,17,18). The van der Waals surface area contributed by atoms with Crippen LogP contribution in [0.3, 0.4) is 0 Å². The SMILES string of the molecule is CCCC(C)(O)CNC(=O)c1ccccc1SCC#N. The van der Waals surface area contributed by atoms with E-state index in [0.717, 1.165) is 11.3 Å². The van der Waals surface area contributed by atoms with E-state index in [4.69, 9.17) is 5.26 Å². The average Bonchev–Trinajstić information content (AvgIpc) is 2.43. The molecule has 0 aromatic heterocycles. The van der Waals surface area contributed by atoms with Gasteiger partial charge in [-0.15, -0.1) is 11.8 Å². The van der Waals surface area contributed by atoms with Gasteiger partial charge in [0, 0.05) is 11.4 Å². The van der Waals surface area contributed by atoms with Gasteiger partial charge < -0.3 is 10.4 Å². The lowest BCUT2D eigenvalue weighted by molar-refractivity contribution is 0.0469. The average molecular weight is 292 g/mol. The summed E-state index contributed by atoms with van der Waals surface area (Å²) in [7, 11) is 0. The maximum atomic E-state index is 12.2. The Morgan fingerprint density at radius 3 is 2.85 bits per heavy atom. The van der Waals surface area contributed by atoms with Crippen LogP contribution in [0.5, 0.6) is 0 Å². The molecule has 0 saturated heterocycles. The predicted octanol–water partition coefficient (Wildman–Crippen LogP) is 2.58. The Bertz CT molecular complexity index is 495. The van der Waals surface area contributed by atoms with Gasteiger partial charge in [0.2, 0.25) is 0 Å². The molecule has 1 unspecified atom stereocenters. The van der Waals surface area contributed by atoms with E-state index in [2.05, 4.69) is 5.32 Å². The smallest absolute Gasteiger partial charge is 0.252 e. The summed E-state index contributed by atoms with van der Waals surface area (Å²) in [6.07, 6.45) is 1.50. The van der Waals surface area contributed by atoms with Gasteiger partial charge in [-0.05, 0) is 25.5 Å². The third-order valence-electron chi connectivity index (χ3n) is 2.84. The highest BCUT2D eigenvalue weighted by Gasteiger charge is 2.21. The van der Waals surface area contributed by atoms with Crippen LogP contribution in [0, 0.1) is 11.3 Å². The van der Waals surface area contributed by atoms with Crippen LogP contribution < -0.4 is 5.32 Å². The van der Waals surface area contributed by atoms with Crippen molar-refractivity contribution >= 4 is 17.7 Å². The number of hydrogen-bond acceptors (Lipinski definition) is 4. The van der Waals surface area contributed by atoms with E-state index < -0.39 is 5.60 Å². The van der Waals surface area contributed by atoms with Gasteiger partial charge in [0.15, 0.2) is 0 Å². The predicted molar refractivity (Wildman–Crippen MR) is 80.6 cm³/mol. The maximum absolute atomic E-state index is 12.2. The molecule has 5 heteroatoms. The van der Waals surface area contributed by atoms with E-state index >= 15 is 0 Å². The molecule has 0 saturated carbocycles. The van der Waals surface area contributed by atoms with Crippen molar-refractivity contribution in [2.75, 3.05) is 12.3 Å². The quantitative estimate of drug-likeness (QED) is 0.758. The van der Waals surface area contributed by atoms with Crippen LogP contribution in [-0.4, -0.2) is 28.9 Å². The fourth-order valence-corrected chi connectivity index (χ4v) is 2.59. The molecule has 1 aromatic carbocycles. The topological polar surface area (TPSA) is 73.1 Å². The number of carbonyl (C=O) groups is 1. The van der Waals surface area contributed by atoms with Gasteiger partial charge in [0.05, 0.1) is 23.0 Å². The highest BCUT2D eigenvalue weighted by atomic mass is 32.2. The van der Waals surface area contributed by atoms with Gasteiger partial charge in [-0.3, -0.25) is 4.79 Å². The lowest BCUT2D eigenvalue weighted by atomic mass is 10.0. The number of aliphatic hydroxyl groups is 1. The molecule has 108 valence electrons. The molecule has 4 nitrogen and oxygen atoms in total. The summed E-state index contributed by atoms with van der Waals surface area (Å²) in [5.74, 6) is 0.0834. The van der Waals surface area contributed by atoms with E-state index in [0.29, 0.717) is 17.7 Å². The molecule has 1 rings (SSSR count). The van der Waals surface area contributed by atoms with Gasteiger partial charge in [-0.2, -0.15) is 5.26 Å². The molecule has 0 heterocycles. The monoisotopic (exact) mass is 292 g/mol. The number of amides is 1. The number of hydrogen-bond donors (Lipinski definition) is 2. The van der Waals surface area contributed by atoms with E-state index in [9.17, 15) is 9.90 Å². The molecule has 0 spiro atoms. The Balaban J connectivity index is 2.70. The summed E-state index contributed by atoms with van der Waals surface area (Å²) in [4.78, 5) is 12.9. The van der Waals surface area contributed by atoms with Crippen molar-refractivity contribution in [3.05, 3.63) is 29.8 Å². The largest absolute Gasteiger partial charge is 0.388 e. The Morgan fingerprint density at radius 2 is 2.20 bits per heavy atom. The van der Waals surface area contributed by atoms with Gasteiger partial charge in [-0.1, -0.05) is 25.5 Å². The highest BCUT2D eigenvalue weighted by Crippen LogP contribution is 2.22. The lowest BCUT2D eigenvalue weighted by Gasteiger charge is -2.23. The van der Waals surface area contributed by atoms with E-state index in [1.54, 1.807) is 19.1 Å². The molecule has 0 bridgehead atoms. The number of nitrogens with one attached hydrogen (secondary N) is 1. The highest BCUT2D eigenvalue weighted by molar-refractivity contribution is 7.99. The molecule has 0 aliphatic carbocycles. The van der Waals surface area contributed by atoms with Crippen molar-refractivity contribution in [1.82, 2.24) is 5.32 Å². The van der Waals surface area contributed by atoms with Crippen LogP contribution in [0.1, 0.15) is 37.0 Å². The van der Waals surface area contributed by atoms with Gasteiger partial charge in [0.25, 0.3) is 5.91 Å². The third kappa shape index (κ3) is 5.24. The molecule has 0 aliphatic rings. The van der Waals surface area contributed by atoms with Crippen LogP contribution in [0.25, 0.3) is 0 Å². The number of benzene rings is 1. The normalized spacial score (nSPS) is 13.3. The fourth-order valence-electron chi connectivity index (χ4n) is 1.88. The van der Waals surface area contributed by atoms with Crippen LogP contribution >= 0.6 is 11.8 Å². The number of carbonyl (C=O) groups excluding carboxylic acids is 1. The molecular weight excluding hydrogens is 272 g/mol. The van der Waals surface area contributed by atoms with Crippen LogP contribution in [0.4, 0.5) is 0 Å². The van der Waals surface area contributed by atoms with E-state index in [-0.39, 0.29) is 12.5 Å². The first-order valence-corrected chi connectivity index (χ1v) is 7.58. The van der Waals surface area contributed by atoms with Crippen molar-refractivity contribution in [3.63, 3.8) is 0 Å². The Labute approximate surface area is 124 Å². The van der Waals surface area contributed by atoms with E-state index in [1.807, 2.05) is 25.1 Å². The summed E-state index contributed by atoms with van der Waals surface area (Å²) in [5.41, 5.74) is -0.348. The minimum atomic E-state index is -0.890. The lowest BCUT2D eigenvalue weighted by Crippen LogP contribution is -2.40. The third-order valence-corrected chi connectivity index (χ3v) is 3.78. The molecule has 20 heavy (non-hydrogen) atoms. The Hall–Kier alpha value is -1.51. The maximum Gasteiger partial charge on any atom is 0.252 e. The van der Waals surface area contributed by atoms with Gasteiger partial charge in [0.1, 0.15) is 0 Å². The van der Waals surface area contributed by atoms with Crippen molar-refractivity contribution in [1.29, 1.82) is 5.26 Å². The minimum absolute atomic E-state index is 0.219. The Morgan fingerprint density at radius 1 is 1.50 bits per heavy atom. The first kappa shape index (κ1) is 16.5. The molecule has 1 aromatic rings. The molecule has 1 atom stereocenters. The van der Waals surface area contributed by atoms with Crippen molar-refractivity contribution in [2.24, 2.45) is 0 Å². The van der Waals surface area contributed by atoms with Crippen LogP contribution in [0.15, 0.2) is 29.2 Å². The molecule has 1 amide bonds. The Kier molecular flexibility index (Phi) is 6.56. The second kappa shape index (κ2) is 7.93. The minimum Gasteiger partial charge on any atom is -0.388 e. The molecule has 2 N–H and O–H groups in total. The first-order valence-electron chi connectivity index (χ1n) is 6.59. The van der Waals surface area contributed by atoms with Gasteiger partial charge in [-0.25, -0.2) is 0 Å². The number of nitrogens with zero attached hydrogens (tertiary/aromatic N) is 1. The van der Waals surface area contributed by atoms with Gasteiger partial charge >= 0.3 is 0 Å². The summed E-state index contributed by atoms with van der Waals surface area (Å²) < 4.78 is 0. The number of nitriles is 1. The first-order chi connectivity index (χ1) is 9.50. The number of thioether (sulfide) groups is 1. The summed E-state index contributed by atoms with van der Waals surface area (Å²) in [5, 5.41) is 21.4. The second-order valence-electron chi connectivity index (χ2n) is 4.87. The zero-order valence-corrected chi connectivity index (χ0v) is 12.7. The van der Waals surface area contributed by atoms with Crippen molar-refractivity contribution < 1.29 is 9.90 Å². The fraction of sp³-hybridized carbons (Fsp3) is 0.467. The van der Waals surface area contributed by atoms with E-state index in [1.165, 1.54) is 11.8 Å².